The Kier molecular flexibility index (Phi) is 7.64. The molecular formula is C29H30N6O4. The number of urea groups is 1. The molecule has 5 rings (SSSR count). The number of hydrogen-bond donors (Lipinski definition) is 2. The Hall–Kier alpha value is -4.57. The first-order chi connectivity index (χ1) is 18.9. The van der Waals surface area contributed by atoms with Crippen molar-refractivity contribution < 1.29 is 9.59 Å². The van der Waals surface area contributed by atoms with Crippen molar-refractivity contribution in [2.24, 2.45) is 0 Å². The Bertz CT molecular complexity index is 1640. The highest BCUT2D eigenvalue weighted by Crippen LogP contribution is 2.18. The number of nitrogens with one attached hydrogen (secondary N) is 2. The number of benzene rings is 2. The highest BCUT2D eigenvalue weighted by atomic mass is 16.2. The summed E-state index contributed by atoms with van der Waals surface area (Å²) in [5.41, 5.74) is 0.859. The molecule has 39 heavy (non-hydrogen) atoms. The van der Waals surface area contributed by atoms with E-state index in [1.165, 1.54) is 19.5 Å². The Balaban J connectivity index is 1.49. The number of Topliss-reactive ketones (excluding diaryl/α,β-unsaturated/α-hetero) is 1. The van der Waals surface area contributed by atoms with Crippen LogP contribution in [0.1, 0.15) is 36.5 Å². The number of piperidine rings is 1. The minimum absolute atomic E-state index is 0.107. The van der Waals surface area contributed by atoms with E-state index in [9.17, 15) is 19.2 Å². The molecule has 1 aliphatic heterocycles. The Morgan fingerprint density at radius 2 is 1.64 bits per heavy atom. The third-order valence-corrected chi connectivity index (χ3v) is 6.89. The number of hydrogen-bond acceptors (Lipinski definition) is 6. The second-order valence-electron chi connectivity index (χ2n) is 9.61. The summed E-state index contributed by atoms with van der Waals surface area (Å²) >= 11 is 0. The van der Waals surface area contributed by atoms with Gasteiger partial charge in [0.25, 0.3) is 5.56 Å². The predicted octanol–water partition coefficient (Wildman–Crippen LogP) is 3.88. The van der Waals surface area contributed by atoms with Gasteiger partial charge in [0, 0.05) is 36.2 Å². The minimum Gasteiger partial charge on any atom is -0.308 e. The molecule has 10 heteroatoms. The van der Waals surface area contributed by atoms with Gasteiger partial charge in [-0.2, -0.15) is 0 Å². The van der Waals surface area contributed by atoms with Gasteiger partial charge in [-0.25, -0.2) is 19.1 Å². The molecule has 0 unspecified atom stereocenters. The lowest BCUT2D eigenvalue weighted by Crippen LogP contribution is -2.42. The number of carbonyl (C=O) groups excluding carboxylic acids is 2. The van der Waals surface area contributed by atoms with Crippen LogP contribution in [0.3, 0.4) is 0 Å². The van der Waals surface area contributed by atoms with Crippen molar-refractivity contribution in [3.05, 3.63) is 93.3 Å². The molecule has 2 amide bonds. The second-order valence-corrected chi connectivity index (χ2v) is 9.61. The summed E-state index contributed by atoms with van der Waals surface area (Å²) in [7, 11) is 0. The largest absolute Gasteiger partial charge is 0.337 e. The Labute approximate surface area is 224 Å². The zero-order valence-electron chi connectivity index (χ0n) is 21.7. The quantitative estimate of drug-likeness (QED) is 0.353. The van der Waals surface area contributed by atoms with Crippen LogP contribution in [0.2, 0.25) is 0 Å². The monoisotopic (exact) mass is 526 g/mol. The van der Waals surface area contributed by atoms with Crippen LogP contribution in [0.4, 0.5) is 16.2 Å². The highest BCUT2D eigenvalue weighted by Gasteiger charge is 2.18. The predicted molar refractivity (Wildman–Crippen MR) is 151 cm³/mol. The molecule has 1 aliphatic rings. The SMILES string of the molecule is CC(=O)c1cccc(NC(=O)Nc2ccc3c(c2)c(=O)n(-c2ccccn2)c(=O)n3CCN2CCCCC2)c1. The molecule has 0 spiro atoms. The van der Waals surface area contributed by atoms with Gasteiger partial charge in [-0.3, -0.25) is 14.2 Å². The molecule has 0 radical (unpaired) electrons. The zero-order chi connectivity index (χ0) is 27.4. The number of amides is 2. The molecule has 3 heterocycles. The number of carbonyl (C=O) groups is 2. The standard InChI is InChI=1S/C29H30N6O4/c1-20(36)21-8-7-9-22(18-21)31-28(38)32-23-11-12-25-24(19-23)27(37)35(26-10-3-4-13-30-26)29(39)34(25)17-16-33-14-5-2-6-15-33/h3-4,7-13,18-19H,2,5-6,14-17H2,1H3,(H2,31,32,38). The fraction of sp³-hybridized carbons (Fsp3) is 0.276. The third kappa shape index (κ3) is 5.80. The van der Waals surface area contributed by atoms with E-state index in [4.69, 9.17) is 0 Å². The highest BCUT2D eigenvalue weighted by molar-refractivity contribution is 6.02. The van der Waals surface area contributed by atoms with Crippen LogP contribution in [-0.4, -0.2) is 50.5 Å². The normalized spacial score (nSPS) is 13.8. The number of fused-ring (bicyclic) bond motifs is 1. The van der Waals surface area contributed by atoms with E-state index in [-0.39, 0.29) is 17.0 Å². The average Bonchev–Trinajstić information content (AvgIpc) is 2.94. The fourth-order valence-electron chi connectivity index (χ4n) is 4.89. The van der Waals surface area contributed by atoms with Crippen LogP contribution in [0.25, 0.3) is 16.7 Å². The average molecular weight is 527 g/mol. The van der Waals surface area contributed by atoms with E-state index >= 15 is 0 Å². The van der Waals surface area contributed by atoms with Gasteiger partial charge in [-0.1, -0.05) is 24.6 Å². The molecule has 2 aromatic heterocycles. The minimum atomic E-state index is -0.529. The molecule has 0 saturated carbocycles. The van der Waals surface area contributed by atoms with E-state index in [0.29, 0.717) is 35.5 Å². The van der Waals surface area contributed by atoms with Crippen molar-refractivity contribution in [3.8, 4) is 5.82 Å². The van der Waals surface area contributed by atoms with Crippen molar-refractivity contribution in [1.82, 2.24) is 19.0 Å². The van der Waals surface area contributed by atoms with Crippen LogP contribution in [0, 0.1) is 0 Å². The van der Waals surface area contributed by atoms with E-state index in [2.05, 4.69) is 20.5 Å². The number of anilines is 2. The van der Waals surface area contributed by atoms with Crippen molar-refractivity contribution in [2.75, 3.05) is 30.3 Å². The number of likely N-dealkylation sites (tertiary alicyclic amines) is 1. The topological polar surface area (TPSA) is 118 Å². The van der Waals surface area contributed by atoms with Gasteiger partial charge < -0.3 is 15.5 Å². The fourth-order valence-corrected chi connectivity index (χ4v) is 4.89. The van der Waals surface area contributed by atoms with Gasteiger partial charge in [0.05, 0.1) is 10.9 Å². The number of aromatic nitrogens is 3. The van der Waals surface area contributed by atoms with Crippen LogP contribution in [0.15, 0.2) is 76.4 Å². The van der Waals surface area contributed by atoms with Crippen molar-refractivity contribution >= 4 is 34.1 Å². The lowest BCUT2D eigenvalue weighted by molar-refractivity contribution is 0.101. The summed E-state index contributed by atoms with van der Waals surface area (Å²) in [6.45, 7) is 4.55. The van der Waals surface area contributed by atoms with Gasteiger partial charge >= 0.3 is 11.7 Å². The summed E-state index contributed by atoms with van der Waals surface area (Å²) in [5, 5.41) is 5.73. The molecule has 2 N–H and O–H groups in total. The van der Waals surface area contributed by atoms with Crippen LogP contribution in [0.5, 0.6) is 0 Å². The number of rotatable bonds is 7. The van der Waals surface area contributed by atoms with E-state index in [1.54, 1.807) is 65.2 Å². The summed E-state index contributed by atoms with van der Waals surface area (Å²) in [6, 6.07) is 16.1. The molecular weight excluding hydrogens is 496 g/mol. The van der Waals surface area contributed by atoms with Crippen LogP contribution >= 0.6 is 0 Å². The van der Waals surface area contributed by atoms with Gasteiger partial charge in [-0.05, 0) is 75.3 Å². The van der Waals surface area contributed by atoms with Gasteiger partial charge in [0.1, 0.15) is 5.82 Å². The Morgan fingerprint density at radius 3 is 2.36 bits per heavy atom. The van der Waals surface area contributed by atoms with Crippen molar-refractivity contribution in [2.45, 2.75) is 32.7 Å². The van der Waals surface area contributed by atoms with E-state index in [0.717, 1.165) is 30.5 Å². The molecule has 0 bridgehead atoms. The van der Waals surface area contributed by atoms with Crippen LogP contribution in [-0.2, 0) is 6.54 Å². The maximum Gasteiger partial charge on any atom is 0.337 e. The lowest BCUT2D eigenvalue weighted by Gasteiger charge is -2.27. The Morgan fingerprint density at radius 1 is 0.872 bits per heavy atom. The first-order valence-electron chi connectivity index (χ1n) is 13.0. The number of nitrogens with zero attached hydrogens (tertiary/aromatic N) is 4. The van der Waals surface area contributed by atoms with E-state index in [1.807, 2.05) is 0 Å². The molecule has 0 atom stereocenters. The smallest absolute Gasteiger partial charge is 0.308 e. The van der Waals surface area contributed by atoms with Gasteiger partial charge in [0.2, 0.25) is 0 Å². The number of ketones is 1. The maximum absolute atomic E-state index is 13.6. The summed E-state index contributed by atoms with van der Waals surface area (Å²) in [5.74, 6) is 0.131. The molecule has 4 aromatic rings. The summed E-state index contributed by atoms with van der Waals surface area (Å²) < 4.78 is 2.69. The summed E-state index contributed by atoms with van der Waals surface area (Å²) in [6.07, 6.45) is 5.03. The molecule has 1 fully saturated rings. The van der Waals surface area contributed by atoms with Crippen molar-refractivity contribution in [1.29, 1.82) is 0 Å². The third-order valence-electron chi connectivity index (χ3n) is 6.89. The first kappa shape index (κ1) is 26.1. The van der Waals surface area contributed by atoms with Crippen LogP contribution < -0.4 is 21.9 Å². The van der Waals surface area contributed by atoms with Gasteiger partial charge in [0.15, 0.2) is 5.78 Å². The summed E-state index contributed by atoms with van der Waals surface area (Å²) in [4.78, 5) is 58.1. The molecule has 0 aliphatic carbocycles. The molecule has 2 aromatic carbocycles. The van der Waals surface area contributed by atoms with E-state index < -0.39 is 17.3 Å². The first-order valence-corrected chi connectivity index (χ1v) is 13.0. The molecule has 10 nitrogen and oxygen atoms in total. The maximum atomic E-state index is 13.6. The second kappa shape index (κ2) is 11.4. The number of pyridine rings is 1. The zero-order valence-corrected chi connectivity index (χ0v) is 21.7. The lowest BCUT2D eigenvalue weighted by atomic mass is 10.1. The van der Waals surface area contributed by atoms with Crippen molar-refractivity contribution in [3.63, 3.8) is 0 Å². The molecule has 1 saturated heterocycles. The van der Waals surface area contributed by atoms with Gasteiger partial charge in [-0.15, -0.1) is 0 Å². The molecule has 200 valence electrons.